The molecule has 2 aromatic heterocycles. The predicted octanol–water partition coefficient (Wildman–Crippen LogP) is 0.523. The number of nitrogens with one attached hydrogen (secondary N) is 1. The van der Waals surface area contributed by atoms with Crippen molar-refractivity contribution in [1.82, 2.24) is 25.1 Å². The van der Waals surface area contributed by atoms with Crippen molar-refractivity contribution in [3.05, 3.63) is 36.2 Å². The lowest BCUT2D eigenvalue weighted by Gasteiger charge is -2.21. The largest absolute Gasteiger partial charge is 0.369 e. The molecule has 1 unspecified atom stereocenters. The molecular formula is C15H20N6O2. The topological polar surface area (TPSA) is 116 Å². The predicted molar refractivity (Wildman–Crippen MR) is 83.4 cm³/mol. The van der Waals surface area contributed by atoms with E-state index in [2.05, 4.69) is 20.4 Å². The fourth-order valence-electron chi connectivity index (χ4n) is 2.22. The Hall–Kier alpha value is -2.77. The summed E-state index contributed by atoms with van der Waals surface area (Å²) in [6.45, 7) is 5.39. The maximum Gasteiger partial charge on any atom is 0.225 e. The van der Waals surface area contributed by atoms with Crippen molar-refractivity contribution in [2.24, 2.45) is 11.7 Å². The van der Waals surface area contributed by atoms with E-state index in [0.717, 1.165) is 0 Å². The van der Waals surface area contributed by atoms with Gasteiger partial charge in [-0.2, -0.15) is 5.10 Å². The number of primary amides is 1. The summed E-state index contributed by atoms with van der Waals surface area (Å²) in [5.41, 5.74) is 5.92. The third kappa shape index (κ3) is 4.12. The van der Waals surface area contributed by atoms with Crippen LogP contribution in [0.25, 0.3) is 5.69 Å². The highest BCUT2D eigenvalue weighted by Gasteiger charge is 2.25. The van der Waals surface area contributed by atoms with Gasteiger partial charge in [-0.15, -0.1) is 0 Å². The molecule has 1 atom stereocenters. The van der Waals surface area contributed by atoms with Crippen LogP contribution in [0.15, 0.2) is 24.5 Å². The number of nitrogens with zero attached hydrogens (tertiary/aromatic N) is 4. The molecule has 0 bridgehead atoms. The molecule has 2 amide bonds. The first-order valence-electron chi connectivity index (χ1n) is 7.30. The van der Waals surface area contributed by atoms with Gasteiger partial charge in [-0.05, 0) is 18.1 Å². The van der Waals surface area contributed by atoms with E-state index in [4.69, 9.17) is 5.73 Å². The number of hydrogen-bond donors (Lipinski definition) is 2. The van der Waals surface area contributed by atoms with E-state index in [0.29, 0.717) is 17.3 Å². The Morgan fingerprint density at radius 2 is 2.13 bits per heavy atom. The molecule has 122 valence electrons. The van der Waals surface area contributed by atoms with Crippen LogP contribution in [0.1, 0.15) is 38.5 Å². The van der Waals surface area contributed by atoms with Gasteiger partial charge in [0.2, 0.25) is 11.8 Å². The fourth-order valence-corrected chi connectivity index (χ4v) is 2.22. The van der Waals surface area contributed by atoms with Crippen molar-refractivity contribution >= 4 is 11.8 Å². The molecule has 0 radical (unpaired) electrons. The van der Waals surface area contributed by atoms with Crippen LogP contribution in [-0.4, -0.2) is 31.6 Å². The highest BCUT2D eigenvalue weighted by Crippen LogP contribution is 2.22. The summed E-state index contributed by atoms with van der Waals surface area (Å²) in [4.78, 5) is 31.1. The summed E-state index contributed by atoms with van der Waals surface area (Å²) in [6.07, 6.45) is 3.22. The van der Waals surface area contributed by atoms with E-state index >= 15 is 0 Å². The zero-order chi connectivity index (χ0) is 17.0. The molecule has 0 aliphatic heterocycles. The molecule has 0 aliphatic rings. The van der Waals surface area contributed by atoms with E-state index in [-0.39, 0.29) is 24.3 Å². The van der Waals surface area contributed by atoms with Crippen LogP contribution < -0.4 is 11.1 Å². The van der Waals surface area contributed by atoms with Gasteiger partial charge >= 0.3 is 0 Å². The normalized spacial score (nSPS) is 12.2. The van der Waals surface area contributed by atoms with Crippen molar-refractivity contribution in [3.63, 3.8) is 0 Å². The number of carbonyl (C=O) groups is 2. The molecule has 2 aromatic rings. The molecule has 0 aromatic carbocycles. The minimum absolute atomic E-state index is 0.0643. The first kappa shape index (κ1) is 16.6. The first-order chi connectivity index (χ1) is 10.9. The van der Waals surface area contributed by atoms with Crippen molar-refractivity contribution in [2.75, 3.05) is 0 Å². The fraction of sp³-hybridized carbons (Fsp3) is 0.400. The summed E-state index contributed by atoms with van der Waals surface area (Å²) in [5, 5.41) is 7.22. The Balaban J connectivity index is 2.52. The zero-order valence-corrected chi connectivity index (χ0v) is 13.4. The van der Waals surface area contributed by atoms with E-state index in [1.807, 2.05) is 19.9 Å². The van der Waals surface area contributed by atoms with E-state index < -0.39 is 5.91 Å². The lowest BCUT2D eigenvalue weighted by Crippen LogP contribution is -2.32. The van der Waals surface area contributed by atoms with Crippen LogP contribution >= 0.6 is 0 Å². The minimum atomic E-state index is -0.513. The number of aromatic nitrogens is 4. The first-order valence-corrected chi connectivity index (χ1v) is 7.30. The minimum Gasteiger partial charge on any atom is -0.369 e. The molecular weight excluding hydrogens is 296 g/mol. The van der Waals surface area contributed by atoms with Gasteiger partial charge in [0.25, 0.3) is 0 Å². The number of nitrogens with two attached hydrogens (primary N) is 1. The van der Waals surface area contributed by atoms with Crippen LogP contribution in [-0.2, 0) is 16.0 Å². The quantitative estimate of drug-likeness (QED) is 0.806. The summed E-state index contributed by atoms with van der Waals surface area (Å²) in [6, 6.07) is 3.25. The average molecular weight is 316 g/mol. The third-order valence-corrected chi connectivity index (χ3v) is 3.20. The van der Waals surface area contributed by atoms with Crippen molar-refractivity contribution in [1.29, 1.82) is 0 Å². The van der Waals surface area contributed by atoms with Crippen molar-refractivity contribution in [3.8, 4) is 5.69 Å². The zero-order valence-electron chi connectivity index (χ0n) is 13.4. The molecule has 0 spiro atoms. The maximum absolute atomic E-state index is 11.5. The summed E-state index contributed by atoms with van der Waals surface area (Å²) in [5.74, 6) is 0.258. The molecule has 8 heteroatoms. The van der Waals surface area contributed by atoms with Gasteiger partial charge in [0.05, 0.1) is 24.3 Å². The second-order valence-corrected chi connectivity index (χ2v) is 5.57. The van der Waals surface area contributed by atoms with Crippen LogP contribution in [0.2, 0.25) is 0 Å². The monoisotopic (exact) mass is 316 g/mol. The Morgan fingerprint density at radius 1 is 1.39 bits per heavy atom. The Morgan fingerprint density at radius 3 is 2.65 bits per heavy atom. The Labute approximate surface area is 134 Å². The van der Waals surface area contributed by atoms with E-state index in [1.54, 1.807) is 23.1 Å². The van der Waals surface area contributed by atoms with Gasteiger partial charge < -0.3 is 11.1 Å². The number of pyridine rings is 1. The highest BCUT2D eigenvalue weighted by molar-refractivity contribution is 5.75. The van der Waals surface area contributed by atoms with E-state index in [1.165, 1.54) is 6.92 Å². The maximum atomic E-state index is 11.5. The van der Waals surface area contributed by atoms with Gasteiger partial charge in [-0.1, -0.05) is 13.8 Å². The third-order valence-electron chi connectivity index (χ3n) is 3.20. The lowest BCUT2D eigenvalue weighted by molar-refractivity contribution is -0.120. The van der Waals surface area contributed by atoms with Crippen molar-refractivity contribution < 1.29 is 9.59 Å². The SMILES string of the molecule is CC(=O)NC(c1nc(CC(N)=O)nn1-c1cccnc1)C(C)C. The molecule has 8 nitrogen and oxygen atoms in total. The Bertz CT molecular complexity index is 695. The highest BCUT2D eigenvalue weighted by atomic mass is 16.1. The number of carbonyl (C=O) groups excluding carboxylic acids is 2. The van der Waals surface area contributed by atoms with Crippen molar-refractivity contribution in [2.45, 2.75) is 33.2 Å². The standard InChI is InChI=1S/C15H20N6O2/c1-9(2)14(18-10(3)22)15-19-13(7-12(16)23)20-21(15)11-5-4-6-17-8-11/h4-6,8-9,14H,7H2,1-3H3,(H2,16,23)(H,18,22). The van der Waals surface area contributed by atoms with Gasteiger partial charge in [0, 0.05) is 13.1 Å². The molecule has 23 heavy (non-hydrogen) atoms. The molecule has 0 saturated carbocycles. The Kier molecular flexibility index (Phi) is 5.05. The summed E-state index contributed by atoms with van der Waals surface area (Å²) < 4.78 is 1.59. The lowest BCUT2D eigenvalue weighted by atomic mass is 10.0. The second-order valence-electron chi connectivity index (χ2n) is 5.57. The molecule has 2 rings (SSSR count). The number of amides is 2. The summed E-state index contributed by atoms with van der Waals surface area (Å²) >= 11 is 0. The second kappa shape index (κ2) is 6.99. The van der Waals surface area contributed by atoms with E-state index in [9.17, 15) is 9.59 Å². The van der Waals surface area contributed by atoms with Crippen LogP contribution in [0, 0.1) is 5.92 Å². The van der Waals surface area contributed by atoms with Crippen LogP contribution in [0.4, 0.5) is 0 Å². The van der Waals surface area contributed by atoms with Gasteiger partial charge in [-0.3, -0.25) is 14.6 Å². The molecule has 0 fully saturated rings. The molecule has 0 saturated heterocycles. The molecule has 2 heterocycles. The molecule has 0 aliphatic carbocycles. The number of hydrogen-bond acceptors (Lipinski definition) is 5. The number of rotatable bonds is 6. The molecule has 3 N–H and O–H groups in total. The van der Waals surface area contributed by atoms with Gasteiger partial charge in [0.15, 0.2) is 11.6 Å². The smallest absolute Gasteiger partial charge is 0.225 e. The van der Waals surface area contributed by atoms with Gasteiger partial charge in [-0.25, -0.2) is 9.67 Å². The van der Waals surface area contributed by atoms with Crippen LogP contribution in [0.3, 0.4) is 0 Å². The average Bonchev–Trinajstić information content (AvgIpc) is 2.88. The summed E-state index contributed by atoms with van der Waals surface area (Å²) in [7, 11) is 0. The van der Waals surface area contributed by atoms with Gasteiger partial charge in [0.1, 0.15) is 0 Å². The van der Waals surface area contributed by atoms with Crippen LogP contribution in [0.5, 0.6) is 0 Å².